The summed E-state index contributed by atoms with van der Waals surface area (Å²) in [6.07, 6.45) is 2.12. The molecule has 0 spiro atoms. The molecule has 0 radical (unpaired) electrons. The van der Waals surface area contributed by atoms with E-state index in [9.17, 15) is 4.79 Å². The predicted octanol–water partition coefficient (Wildman–Crippen LogP) is 1.03. The zero-order chi connectivity index (χ0) is 9.26. The topological polar surface area (TPSA) is 59.4 Å². The standard InChI is InChI=1S/C9H9NO3/c11-9(12)7-3-5-13-8-6(7)2-1-4-10-8/h1-2,4,7H,3,5H2,(H,11,12)/t7-/m1/s1. The minimum absolute atomic E-state index is 0.432. The van der Waals surface area contributed by atoms with Gasteiger partial charge in [0, 0.05) is 11.8 Å². The van der Waals surface area contributed by atoms with E-state index in [1.165, 1.54) is 0 Å². The van der Waals surface area contributed by atoms with Crippen LogP contribution >= 0.6 is 0 Å². The monoisotopic (exact) mass is 179 g/mol. The molecular weight excluding hydrogens is 170 g/mol. The number of fused-ring (bicyclic) bond motifs is 1. The lowest BCUT2D eigenvalue weighted by atomic mass is 9.96. The first-order chi connectivity index (χ1) is 6.29. The number of rotatable bonds is 1. The molecule has 1 aromatic heterocycles. The molecule has 4 heteroatoms. The zero-order valence-electron chi connectivity index (χ0n) is 6.93. The molecule has 0 fully saturated rings. The summed E-state index contributed by atoms with van der Waals surface area (Å²) >= 11 is 0. The largest absolute Gasteiger partial charge is 0.481 e. The third kappa shape index (κ3) is 1.35. The van der Waals surface area contributed by atoms with Gasteiger partial charge in [-0.25, -0.2) is 4.98 Å². The number of hydrogen-bond donors (Lipinski definition) is 1. The molecule has 1 N–H and O–H groups in total. The summed E-state index contributed by atoms with van der Waals surface area (Å²) in [5.41, 5.74) is 0.682. The molecule has 0 aromatic carbocycles. The van der Waals surface area contributed by atoms with E-state index in [1.807, 2.05) is 0 Å². The van der Waals surface area contributed by atoms with Crippen molar-refractivity contribution < 1.29 is 14.6 Å². The van der Waals surface area contributed by atoms with E-state index in [0.29, 0.717) is 24.5 Å². The second-order valence-electron chi connectivity index (χ2n) is 2.93. The number of aliphatic carboxylic acids is 1. The average molecular weight is 179 g/mol. The molecule has 0 aliphatic carbocycles. The Morgan fingerprint density at radius 2 is 2.54 bits per heavy atom. The second kappa shape index (κ2) is 3.05. The predicted molar refractivity (Wildman–Crippen MR) is 44.7 cm³/mol. The number of carboxylic acid groups (broad SMARTS) is 1. The zero-order valence-corrected chi connectivity index (χ0v) is 6.93. The van der Waals surface area contributed by atoms with Crippen molar-refractivity contribution in [3.05, 3.63) is 23.9 Å². The van der Waals surface area contributed by atoms with Gasteiger partial charge in [0.05, 0.1) is 12.5 Å². The lowest BCUT2D eigenvalue weighted by molar-refractivity contribution is -0.139. The Bertz CT molecular complexity index is 337. The van der Waals surface area contributed by atoms with E-state index in [4.69, 9.17) is 9.84 Å². The van der Waals surface area contributed by atoms with Gasteiger partial charge in [0.15, 0.2) is 0 Å². The average Bonchev–Trinajstić information content (AvgIpc) is 2.17. The third-order valence-corrected chi connectivity index (χ3v) is 2.12. The fraction of sp³-hybridized carbons (Fsp3) is 0.333. The highest BCUT2D eigenvalue weighted by Gasteiger charge is 2.27. The van der Waals surface area contributed by atoms with E-state index in [0.717, 1.165) is 0 Å². The molecular formula is C9H9NO3. The van der Waals surface area contributed by atoms with Crippen molar-refractivity contribution in [2.24, 2.45) is 0 Å². The maximum atomic E-state index is 10.8. The van der Waals surface area contributed by atoms with E-state index >= 15 is 0 Å². The number of hydrogen-bond acceptors (Lipinski definition) is 3. The summed E-state index contributed by atoms with van der Waals surface area (Å²) < 4.78 is 5.23. The fourth-order valence-corrected chi connectivity index (χ4v) is 1.47. The molecule has 2 rings (SSSR count). The van der Waals surface area contributed by atoms with Crippen LogP contribution < -0.4 is 4.74 Å². The molecule has 0 saturated carbocycles. The summed E-state index contributed by atoms with van der Waals surface area (Å²) in [5.74, 6) is -0.809. The summed E-state index contributed by atoms with van der Waals surface area (Å²) in [7, 11) is 0. The summed E-state index contributed by atoms with van der Waals surface area (Å²) in [6.45, 7) is 0.432. The Hall–Kier alpha value is -1.58. The van der Waals surface area contributed by atoms with E-state index in [-0.39, 0.29) is 0 Å². The Kier molecular flexibility index (Phi) is 1.88. The first-order valence-corrected chi connectivity index (χ1v) is 4.09. The van der Waals surface area contributed by atoms with Gasteiger partial charge in [-0.3, -0.25) is 4.79 Å². The number of carbonyl (C=O) groups is 1. The molecule has 0 bridgehead atoms. The minimum atomic E-state index is -0.808. The van der Waals surface area contributed by atoms with Gasteiger partial charge in [0.2, 0.25) is 5.88 Å². The molecule has 4 nitrogen and oxygen atoms in total. The van der Waals surface area contributed by atoms with Crippen LogP contribution in [-0.4, -0.2) is 22.7 Å². The fourth-order valence-electron chi connectivity index (χ4n) is 1.47. The van der Waals surface area contributed by atoms with Gasteiger partial charge in [-0.15, -0.1) is 0 Å². The first-order valence-electron chi connectivity index (χ1n) is 4.09. The van der Waals surface area contributed by atoms with Gasteiger partial charge in [0.1, 0.15) is 0 Å². The molecule has 2 heterocycles. The maximum Gasteiger partial charge on any atom is 0.311 e. The van der Waals surface area contributed by atoms with E-state index < -0.39 is 11.9 Å². The summed E-state index contributed by atoms with van der Waals surface area (Å²) in [4.78, 5) is 14.8. The number of ether oxygens (including phenoxy) is 1. The van der Waals surface area contributed by atoms with Crippen molar-refractivity contribution in [1.82, 2.24) is 4.98 Å². The van der Waals surface area contributed by atoms with Crippen LogP contribution in [0.15, 0.2) is 18.3 Å². The van der Waals surface area contributed by atoms with Crippen LogP contribution in [0.25, 0.3) is 0 Å². The van der Waals surface area contributed by atoms with Crippen molar-refractivity contribution in [1.29, 1.82) is 0 Å². The normalized spacial score (nSPS) is 20.2. The highest BCUT2D eigenvalue weighted by molar-refractivity contribution is 5.77. The quantitative estimate of drug-likeness (QED) is 0.699. The lowest BCUT2D eigenvalue weighted by Crippen LogP contribution is -2.21. The van der Waals surface area contributed by atoms with Gasteiger partial charge in [-0.05, 0) is 12.5 Å². The number of aromatic nitrogens is 1. The van der Waals surface area contributed by atoms with Gasteiger partial charge in [-0.1, -0.05) is 6.07 Å². The van der Waals surface area contributed by atoms with Gasteiger partial charge >= 0.3 is 5.97 Å². The molecule has 0 unspecified atom stereocenters. The molecule has 1 aliphatic rings. The molecule has 1 aliphatic heterocycles. The molecule has 1 atom stereocenters. The van der Waals surface area contributed by atoms with Crippen LogP contribution in [0, 0.1) is 0 Å². The Morgan fingerprint density at radius 3 is 3.31 bits per heavy atom. The van der Waals surface area contributed by atoms with E-state index in [1.54, 1.807) is 18.3 Å². The summed E-state index contributed by atoms with van der Waals surface area (Å²) in [5, 5.41) is 8.90. The Morgan fingerprint density at radius 1 is 1.69 bits per heavy atom. The first kappa shape index (κ1) is 8.04. The maximum absolute atomic E-state index is 10.8. The molecule has 0 amide bonds. The van der Waals surface area contributed by atoms with Crippen LogP contribution in [0.4, 0.5) is 0 Å². The lowest BCUT2D eigenvalue weighted by Gasteiger charge is -2.21. The van der Waals surface area contributed by atoms with Crippen molar-refractivity contribution in [3.63, 3.8) is 0 Å². The second-order valence-corrected chi connectivity index (χ2v) is 2.93. The summed E-state index contributed by atoms with van der Waals surface area (Å²) in [6, 6.07) is 3.48. The van der Waals surface area contributed by atoms with Crippen LogP contribution in [0.5, 0.6) is 5.88 Å². The third-order valence-electron chi connectivity index (χ3n) is 2.12. The van der Waals surface area contributed by atoms with Gasteiger partial charge in [0.25, 0.3) is 0 Å². The van der Waals surface area contributed by atoms with Crippen molar-refractivity contribution in [3.8, 4) is 5.88 Å². The molecule has 13 heavy (non-hydrogen) atoms. The van der Waals surface area contributed by atoms with Crippen LogP contribution in [0.1, 0.15) is 17.9 Å². The molecule has 1 aromatic rings. The highest BCUT2D eigenvalue weighted by Crippen LogP contribution is 2.31. The SMILES string of the molecule is O=C(O)[C@@H]1CCOc2ncccc21. The smallest absolute Gasteiger partial charge is 0.311 e. The Balaban J connectivity index is 2.42. The minimum Gasteiger partial charge on any atom is -0.481 e. The van der Waals surface area contributed by atoms with Gasteiger partial charge < -0.3 is 9.84 Å². The van der Waals surface area contributed by atoms with Crippen LogP contribution in [0.2, 0.25) is 0 Å². The van der Waals surface area contributed by atoms with Gasteiger partial charge in [-0.2, -0.15) is 0 Å². The van der Waals surface area contributed by atoms with Crippen LogP contribution in [0.3, 0.4) is 0 Å². The molecule has 0 saturated heterocycles. The van der Waals surface area contributed by atoms with Crippen molar-refractivity contribution in [2.75, 3.05) is 6.61 Å². The van der Waals surface area contributed by atoms with Crippen LogP contribution in [-0.2, 0) is 4.79 Å². The highest BCUT2D eigenvalue weighted by atomic mass is 16.5. The Labute approximate surface area is 75.2 Å². The van der Waals surface area contributed by atoms with Crippen molar-refractivity contribution in [2.45, 2.75) is 12.3 Å². The van der Waals surface area contributed by atoms with Crippen molar-refractivity contribution >= 4 is 5.97 Å². The number of nitrogens with zero attached hydrogens (tertiary/aromatic N) is 1. The number of carboxylic acids is 1. The molecule has 68 valence electrons. The number of pyridine rings is 1. The van der Waals surface area contributed by atoms with E-state index in [2.05, 4.69) is 4.98 Å².